The normalized spacial score (nSPS) is 13.1. The quantitative estimate of drug-likeness (QED) is 0.324. The standard InChI is InChI=1S/C24H23N5O2S2/c1-16(30)25-18-6-5-7-20(12-18)29-23(17-10-11-17)27-28-24(29)33-15-19-14-32-22(26-19)13-31-21-8-3-2-4-9-21/h2-9,12,14,17H,10-11,13,15H2,1H3,(H,25,30). The molecule has 168 valence electrons. The Hall–Kier alpha value is -3.17. The topological polar surface area (TPSA) is 81.9 Å². The lowest BCUT2D eigenvalue weighted by Crippen LogP contribution is -2.07. The van der Waals surface area contributed by atoms with Crippen LogP contribution in [0.4, 0.5) is 5.69 Å². The molecule has 1 N–H and O–H groups in total. The summed E-state index contributed by atoms with van der Waals surface area (Å²) in [6.07, 6.45) is 2.26. The third-order valence-electron chi connectivity index (χ3n) is 5.08. The predicted molar refractivity (Wildman–Crippen MR) is 130 cm³/mol. The van der Waals surface area contributed by atoms with Gasteiger partial charge in [0.25, 0.3) is 0 Å². The van der Waals surface area contributed by atoms with E-state index < -0.39 is 0 Å². The third kappa shape index (κ3) is 5.43. The number of para-hydroxylation sites is 1. The highest BCUT2D eigenvalue weighted by atomic mass is 32.2. The number of hydrogen-bond donors (Lipinski definition) is 1. The SMILES string of the molecule is CC(=O)Nc1cccc(-n2c(SCc3csc(COc4ccccc4)n3)nnc2C2CC2)c1. The highest BCUT2D eigenvalue weighted by molar-refractivity contribution is 7.98. The van der Waals surface area contributed by atoms with Gasteiger partial charge in [-0.1, -0.05) is 36.0 Å². The van der Waals surface area contributed by atoms with Crippen molar-refractivity contribution in [2.45, 2.75) is 43.2 Å². The van der Waals surface area contributed by atoms with Crippen molar-refractivity contribution < 1.29 is 9.53 Å². The maximum absolute atomic E-state index is 11.5. The Bertz CT molecular complexity index is 1250. The molecule has 7 nitrogen and oxygen atoms in total. The Morgan fingerprint density at radius 3 is 2.82 bits per heavy atom. The van der Waals surface area contributed by atoms with Crippen LogP contribution in [0.3, 0.4) is 0 Å². The number of ether oxygens (including phenoxy) is 1. The first-order chi connectivity index (χ1) is 16.2. The summed E-state index contributed by atoms with van der Waals surface area (Å²) in [6.45, 7) is 1.96. The number of carbonyl (C=O) groups is 1. The lowest BCUT2D eigenvalue weighted by Gasteiger charge is -2.11. The van der Waals surface area contributed by atoms with E-state index in [-0.39, 0.29) is 5.91 Å². The largest absolute Gasteiger partial charge is 0.486 e. The van der Waals surface area contributed by atoms with Gasteiger partial charge < -0.3 is 10.1 Å². The van der Waals surface area contributed by atoms with Crippen molar-refractivity contribution in [2.75, 3.05) is 5.32 Å². The molecule has 0 spiro atoms. The van der Waals surface area contributed by atoms with Crippen LogP contribution in [-0.2, 0) is 17.2 Å². The van der Waals surface area contributed by atoms with Crippen molar-refractivity contribution in [3.63, 3.8) is 0 Å². The van der Waals surface area contributed by atoms with Crippen molar-refractivity contribution in [1.82, 2.24) is 19.7 Å². The molecule has 9 heteroatoms. The van der Waals surface area contributed by atoms with Crippen LogP contribution < -0.4 is 10.1 Å². The molecule has 5 rings (SSSR count). The average Bonchev–Trinajstić information content (AvgIpc) is 3.41. The van der Waals surface area contributed by atoms with Crippen molar-refractivity contribution in [3.05, 3.63) is 76.5 Å². The molecule has 1 aliphatic rings. The van der Waals surface area contributed by atoms with Gasteiger partial charge in [0, 0.05) is 29.7 Å². The van der Waals surface area contributed by atoms with Crippen LogP contribution in [-0.4, -0.2) is 25.7 Å². The molecule has 0 saturated heterocycles. The number of nitrogens with zero attached hydrogens (tertiary/aromatic N) is 4. The van der Waals surface area contributed by atoms with Gasteiger partial charge in [-0.25, -0.2) is 4.98 Å². The van der Waals surface area contributed by atoms with Crippen molar-refractivity contribution in [1.29, 1.82) is 0 Å². The molecule has 1 fully saturated rings. The van der Waals surface area contributed by atoms with Crippen LogP contribution in [0.2, 0.25) is 0 Å². The van der Waals surface area contributed by atoms with E-state index in [1.807, 2.05) is 54.6 Å². The van der Waals surface area contributed by atoms with Gasteiger partial charge in [-0.2, -0.15) is 0 Å². The number of aromatic nitrogens is 4. The molecule has 1 aliphatic carbocycles. The fourth-order valence-corrected chi connectivity index (χ4v) is 5.09. The summed E-state index contributed by atoms with van der Waals surface area (Å²) >= 11 is 3.21. The lowest BCUT2D eigenvalue weighted by molar-refractivity contribution is -0.114. The number of rotatable bonds is 9. The molecule has 2 heterocycles. The molecule has 0 radical (unpaired) electrons. The molecule has 4 aromatic rings. The fourth-order valence-electron chi connectivity index (χ4n) is 3.43. The molecule has 2 aromatic heterocycles. The summed E-state index contributed by atoms with van der Waals surface area (Å²) in [7, 11) is 0. The van der Waals surface area contributed by atoms with Gasteiger partial charge in [0.1, 0.15) is 23.2 Å². The summed E-state index contributed by atoms with van der Waals surface area (Å²) in [6, 6.07) is 17.6. The zero-order valence-corrected chi connectivity index (χ0v) is 19.7. The van der Waals surface area contributed by atoms with E-state index >= 15 is 0 Å². The van der Waals surface area contributed by atoms with Gasteiger partial charge in [0.15, 0.2) is 5.16 Å². The number of benzene rings is 2. The van der Waals surface area contributed by atoms with E-state index in [2.05, 4.69) is 25.5 Å². The number of hydrogen-bond acceptors (Lipinski definition) is 7. The number of amides is 1. The van der Waals surface area contributed by atoms with Crippen LogP contribution in [0.15, 0.2) is 65.1 Å². The minimum atomic E-state index is -0.0940. The summed E-state index contributed by atoms with van der Waals surface area (Å²) < 4.78 is 7.92. The molecule has 2 aromatic carbocycles. The number of nitrogens with one attached hydrogen (secondary N) is 1. The van der Waals surface area contributed by atoms with E-state index in [9.17, 15) is 4.79 Å². The second kappa shape index (κ2) is 9.76. The summed E-state index contributed by atoms with van der Waals surface area (Å²) in [5.74, 6) is 2.86. The maximum atomic E-state index is 11.5. The van der Waals surface area contributed by atoms with Crippen LogP contribution >= 0.6 is 23.1 Å². The maximum Gasteiger partial charge on any atom is 0.221 e. The first-order valence-corrected chi connectivity index (χ1v) is 12.6. The minimum absolute atomic E-state index is 0.0940. The van der Waals surface area contributed by atoms with Gasteiger partial charge in [-0.15, -0.1) is 21.5 Å². The Balaban J connectivity index is 1.30. The van der Waals surface area contributed by atoms with E-state index in [4.69, 9.17) is 9.72 Å². The molecule has 0 atom stereocenters. The van der Waals surface area contributed by atoms with E-state index in [0.29, 0.717) is 18.3 Å². The number of anilines is 1. The molecule has 0 aliphatic heterocycles. The second-order valence-electron chi connectivity index (χ2n) is 7.80. The molecule has 0 unspecified atom stereocenters. The number of thiazole rings is 1. The first-order valence-electron chi connectivity index (χ1n) is 10.7. The number of thioether (sulfide) groups is 1. The van der Waals surface area contributed by atoms with Crippen LogP contribution in [0, 0.1) is 0 Å². The van der Waals surface area contributed by atoms with E-state index in [1.54, 1.807) is 23.1 Å². The monoisotopic (exact) mass is 477 g/mol. The van der Waals surface area contributed by atoms with Gasteiger partial charge in [-0.05, 0) is 43.2 Å². The summed E-state index contributed by atoms with van der Waals surface area (Å²) in [5, 5.41) is 15.7. The Morgan fingerprint density at radius 1 is 1.18 bits per heavy atom. The molecule has 1 saturated carbocycles. The van der Waals surface area contributed by atoms with Crippen molar-refractivity contribution in [2.24, 2.45) is 0 Å². The zero-order chi connectivity index (χ0) is 22.6. The second-order valence-corrected chi connectivity index (χ2v) is 9.69. The highest BCUT2D eigenvalue weighted by Gasteiger charge is 2.31. The summed E-state index contributed by atoms with van der Waals surface area (Å²) in [5.41, 5.74) is 2.70. The Morgan fingerprint density at radius 2 is 2.03 bits per heavy atom. The molecule has 33 heavy (non-hydrogen) atoms. The average molecular weight is 478 g/mol. The first kappa shape index (κ1) is 21.7. The molecular weight excluding hydrogens is 454 g/mol. The predicted octanol–water partition coefficient (Wildman–Crippen LogP) is 5.43. The van der Waals surface area contributed by atoms with Crippen molar-refractivity contribution in [3.8, 4) is 11.4 Å². The van der Waals surface area contributed by atoms with E-state index in [0.717, 1.165) is 51.6 Å². The van der Waals surface area contributed by atoms with Gasteiger partial charge in [0.2, 0.25) is 5.91 Å². The smallest absolute Gasteiger partial charge is 0.221 e. The van der Waals surface area contributed by atoms with Gasteiger partial charge in [0.05, 0.1) is 11.4 Å². The van der Waals surface area contributed by atoms with Crippen LogP contribution in [0.5, 0.6) is 5.75 Å². The zero-order valence-electron chi connectivity index (χ0n) is 18.1. The number of carbonyl (C=O) groups excluding carboxylic acids is 1. The van der Waals surface area contributed by atoms with E-state index in [1.165, 1.54) is 6.92 Å². The Kier molecular flexibility index (Phi) is 6.41. The van der Waals surface area contributed by atoms with Crippen LogP contribution in [0.1, 0.15) is 42.2 Å². The third-order valence-corrected chi connectivity index (χ3v) is 6.91. The minimum Gasteiger partial charge on any atom is -0.486 e. The highest BCUT2D eigenvalue weighted by Crippen LogP contribution is 2.41. The Labute approximate surface area is 200 Å². The molecule has 0 bridgehead atoms. The summed E-state index contributed by atoms with van der Waals surface area (Å²) in [4.78, 5) is 16.2. The van der Waals surface area contributed by atoms with Crippen molar-refractivity contribution >= 4 is 34.7 Å². The van der Waals surface area contributed by atoms with Gasteiger partial charge >= 0.3 is 0 Å². The lowest BCUT2D eigenvalue weighted by atomic mass is 10.2. The van der Waals surface area contributed by atoms with Gasteiger partial charge in [-0.3, -0.25) is 9.36 Å². The van der Waals surface area contributed by atoms with Crippen LogP contribution in [0.25, 0.3) is 5.69 Å². The fraction of sp³-hybridized carbons (Fsp3) is 0.250. The molecule has 1 amide bonds. The molecular formula is C24H23N5O2S2.